The Morgan fingerprint density at radius 2 is 2.15 bits per heavy atom. The van der Waals surface area contributed by atoms with Crippen LogP contribution in [0.4, 0.5) is 13.2 Å². The van der Waals surface area contributed by atoms with E-state index in [9.17, 15) is 13.6 Å². The van der Waals surface area contributed by atoms with Gasteiger partial charge in [-0.3, -0.25) is 9.78 Å². The summed E-state index contributed by atoms with van der Waals surface area (Å²) in [5.74, 6) is -2.12. The SMILES string of the molecule is O=C(CCc1ccc(F)cc1F)[C@]1(F)CC[C@H](OCCO)c2ncccc21. The van der Waals surface area contributed by atoms with Gasteiger partial charge in [-0.2, -0.15) is 0 Å². The maximum atomic E-state index is 15.7. The third-order valence-corrected chi connectivity index (χ3v) is 4.81. The molecule has 0 aliphatic heterocycles. The monoisotopic (exact) mass is 379 g/mol. The van der Waals surface area contributed by atoms with Gasteiger partial charge in [0, 0.05) is 24.2 Å². The first-order chi connectivity index (χ1) is 13.0. The number of alkyl halides is 1. The van der Waals surface area contributed by atoms with E-state index < -0.39 is 29.2 Å². The van der Waals surface area contributed by atoms with Crippen molar-refractivity contribution in [2.75, 3.05) is 13.2 Å². The van der Waals surface area contributed by atoms with Crippen LogP contribution in [0.15, 0.2) is 36.5 Å². The molecule has 0 bridgehead atoms. The Hall–Kier alpha value is -2.25. The van der Waals surface area contributed by atoms with Crippen LogP contribution in [0.5, 0.6) is 0 Å². The Kier molecular flexibility index (Phi) is 5.92. The second-order valence-corrected chi connectivity index (χ2v) is 6.52. The van der Waals surface area contributed by atoms with Gasteiger partial charge in [0.1, 0.15) is 17.7 Å². The second kappa shape index (κ2) is 8.19. The number of carbonyl (C=O) groups is 1. The molecule has 1 heterocycles. The van der Waals surface area contributed by atoms with Gasteiger partial charge in [-0.05, 0) is 37.0 Å². The van der Waals surface area contributed by atoms with E-state index in [1.54, 1.807) is 6.07 Å². The fourth-order valence-corrected chi connectivity index (χ4v) is 3.43. The summed E-state index contributed by atoms with van der Waals surface area (Å²) in [5, 5.41) is 8.93. The molecule has 1 aromatic carbocycles. The minimum absolute atomic E-state index is 0.0172. The number of aliphatic hydroxyl groups is 1. The van der Waals surface area contributed by atoms with Gasteiger partial charge in [0.15, 0.2) is 11.5 Å². The van der Waals surface area contributed by atoms with E-state index in [2.05, 4.69) is 4.98 Å². The predicted octanol–water partition coefficient (Wildman–Crippen LogP) is 3.57. The average Bonchev–Trinajstić information content (AvgIpc) is 2.67. The van der Waals surface area contributed by atoms with Crippen LogP contribution >= 0.6 is 0 Å². The van der Waals surface area contributed by atoms with Gasteiger partial charge in [0.2, 0.25) is 0 Å². The zero-order chi connectivity index (χ0) is 19.4. The van der Waals surface area contributed by atoms with Crippen LogP contribution in [0.2, 0.25) is 0 Å². The summed E-state index contributed by atoms with van der Waals surface area (Å²) in [4.78, 5) is 16.8. The minimum atomic E-state index is -2.22. The Morgan fingerprint density at radius 3 is 2.89 bits per heavy atom. The molecule has 144 valence electrons. The largest absolute Gasteiger partial charge is 0.394 e. The molecule has 27 heavy (non-hydrogen) atoms. The molecule has 1 aromatic heterocycles. The Morgan fingerprint density at radius 1 is 1.33 bits per heavy atom. The number of Topliss-reactive ketones (excluding diaryl/α,β-unsaturated/α-hetero) is 1. The fourth-order valence-electron chi connectivity index (χ4n) is 3.43. The van der Waals surface area contributed by atoms with Crippen LogP contribution in [0.3, 0.4) is 0 Å². The molecule has 0 saturated heterocycles. The number of halogens is 3. The van der Waals surface area contributed by atoms with Crippen molar-refractivity contribution >= 4 is 5.78 Å². The van der Waals surface area contributed by atoms with Gasteiger partial charge < -0.3 is 9.84 Å². The number of fused-ring (bicyclic) bond motifs is 1. The lowest BCUT2D eigenvalue weighted by Gasteiger charge is -2.34. The number of carbonyl (C=O) groups excluding carboxylic acids is 1. The van der Waals surface area contributed by atoms with Gasteiger partial charge in [-0.25, -0.2) is 13.2 Å². The van der Waals surface area contributed by atoms with Gasteiger partial charge >= 0.3 is 0 Å². The van der Waals surface area contributed by atoms with Gasteiger partial charge in [0.25, 0.3) is 0 Å². The molecule has 1 N–H and O–H groups in total. The van der Waals surface area contributed by atoms with E-state index >= 15 is 4.39 Å². The molecule has 2 aromatic rings. The molecular weight excluding hydrogens is 359 g/mol. The van der Waals surface area contributed by atoms with E-state index in [0.29, 0.717) is 5.69 Å². The van der Waals surface area contributed by atoms with Gasteiger partial charge in [-0.1, -0.05) is 12.1 Å². The molecule has 7 heteroatoms. The van der Waals surface area contributed by atoms with Crippen LogP contribution in [-0.4, -0.2) is 29.1 Å². The van der Waals surface area contributed by atoms with Crippen molar-refractivity contribution < 1.29 is 27.8 Å². The molecule has 0 spiro atoms. The van der Waals surface area contributed by atoms with Crippen molar-refractivity contribution in [2.24, 2.45) is 0 Å². The molecule has 3 rings (SSSR count). The van der Waals surface area contributed by atoms with Gasteiger partial charge in [-0.15, -0.1) is 0 Å². The maximum absolute atomic E-state index is 15.7. The summed E-state index contributed by atoms with van der Waals surface area (Å²) in [6, 6.07) is 6.17. The first kappa shape index (κ1) is 19.5. The van der Waals surface area contributed by atoms with Crippen LogP contribution in [-0.2, 0) is 21.6 Å². The summed E-state index contributed by atoms with van der Waals surface area (Å²) in [5.41, 5.74) is -1.55. The molecule has 1 aliphatic carbocycles. The lowest BCUT2D eigenvalue weighted by atomic mass is 9.77. The number of benzene rings is 1. The molecule has 1 aliphatic rings. The molecule has 0 radical (unpaired) electrons. The third-order valence-electron chi connectivity index (χ3n) is 4.81. The highest BCUT2D eigenvalue weighted by atomic mass is 19.1. The molecular formula is C20H20F3NO3. The standard InChI is InChI=1S/C20H20F3NO3/c21-14-5-3-13(16(22)12-14)4-6-18(26)20(23)8-7-17(27-11-10-25)19-15(20)2-1-9-24-19/h1-3,5,9,12,17,25H,4,6-8,10-11H2/t17-,20-/m0/s1. The van der Waals surface area contributed by atoms with Crippen molar-refractivity contribution in [3.05, 3.63) is 65.0 Å². The average molecular weight is 379 g/mol. The molecule has 0 unspecified atom stereocenters. The first-order valence-corrected chi connectivity index (χ1v) is 8.79. The third kappa shape index (κ3) is 4.04. The van der Waals surface area contributed by atoms with Gasteiger partial charge in [0.05, 0.1) is 18.9 Å². The Bertz CT molecular complexity index is 830. The number of aromatic nitrogens is 1. The van der Waals surface area contributed by atoms with Crippen LogP contribution in [0.1, 0.15) is 42.2 Å². The number of pyridine rings is 1. The lowest BCUT2D eigenvalue weighted by molar-refractivity contribution is -0.133. The Balaban J connectivity index is 1.79. The van der Waals surface area contributed by atoms with E-state index in [0.717, 1.165) is 12.1 Å². The van der Waals surface area contributed by atoms with Crippen molar-refractivity contribution in [1.29, 1.82) is 0 Å². The number of ketones is 1. The predicted molar refractivity (Wildman–Crippen MR) is 91.7 cm³/mol. The molecule has 4 nitrogen and oxygen atoms in total. The molecule has 0 amide bonds. The summed E-state index contributed by atoms with van der Waals surface area (Å²) >= 11 is 0. The van der Waals surface area contributed by atoms with E-state index in [1.807, 2.05) is 0 Å². The second-order valence-electron chi connectivity index (χ2n) is 6.52. The summed E-state index contributed by atoms with van der Waals surface area (Å²) < 4.78 is 47.9. The number of aliphatic hydroxyl groups excluding tert-OH is 1. The number of ether oxygens (including phenoxy) is 1. The summed E-state index contributed by atoms with van der Waals surface area (Å²) in [7, 11) is 0. The number of hydrogen-bond acceptors (Lipinski definition) is 4. The van der Waals surface area contributed by atoms with Crippen molar-refractivity contribution in [2.45, 2.75) is 37.5 Å². The number of hydrogen-bond donors (Lipinski definition) is 1. The first-order valence-electron chi connectivity index (χ1n) is 8.79. The van der Waals surface area contributed by atoms with Crippen molar-refractivity contribution in [3.63, 3.8) is 0 Å². The zero-order valence-electron chi connectivity index (χ0n) is 14.6. The Labute approximate surface area is 155 Å². The summed E-state index contributed by atoms with van der Waals surface area (Å²) in [6.45, 7) is -0.0701. The van der Waals surface area contributed by atoms with Crippen LogP contribution < -0.4 is 0 Å². The highest BCUT2D eigenvalue weighted by Crippen LogP contribution is 2.44. The highest BCUT2D eigenvalue weighted by Gasteiger charge is 2.46. The van der Waals surface area contributed by atoms with Crippen molar-refractivity contribution in [3.8, 4) is 0 Å². The van der Waals surface area contributed by atoms with Crippen LogP contribution in [0, 0.1) is 11.6 Å². The normalized spacial score (nSPS) is 21.7. The number of rotatable bonds is 7. The lowest BCUT2D eigenvalue weighted by Crippen LogP contribution is -2.37. The number of nitrogens with zero attached hydrogens (tertiary/aromatic N) is 1. The molecule has 0 saturated carbocycles. The molecule has 0 fully saturated rings. The smallest absolute Gasteiger partial charge is 0.195 e. The molecule has 2 atom stereocenters. The quantitative estimate of drug-likeness (QED) is 0.799. The van der Waals surface area contributed by atoms with E-state index in [-0.39, 0.29) is 50.0 Å². The minimum Gasteiger partial charge on any atom is -0.394 e. The van der Waals surface area contributed by atoms with E-state index in [1.165, 1.54) is 18.3 Å². The fraction of sp³-hybridized carbons (Fsp3) is 0.400. The topological polar surface area (TPSA) is 59.4 Å². The van der Waals surface area contributed by atoms with E-state index in [4.69, 9.17) is 9.84 Å². The van der Waals surface area contributed by atoms with Crippen LogP contribution in [0.25, 0.3) is 0 Å². The maximum Gasteiger partial charge on any atom is 0.195 e. The highest BCUT2D eigenvalue weighted by molar-refractivity contribution is 5.89. The van der Waals surface area contributed by atoms with Crippen molar-refractivity contribution in [1.82, 2.24) is 4.98 Å². The summed E-state index contributed by atoms with van der Waals surface area (Å²) in [6.07, 6.45) is 0.952. The number of aryl methyl sites for hydroxylation is 1. The zero-order valence-corrected chi connectivity index (χ0v) is 14.6.